The molecule has 3 rings (SSSR count). The lowest BCUT2D eigenvalue weighted by Crippen LogP contribution is -2.28. The summed E-state index contributed by atoms with van der Waals surface area (Å²) in [6.45, 7) is 8.41. The second-order valence-corrected chi connectivity index (χ2v) is 6.73. The number of amides is 1. The molecule has 0 aliphatic heterocycles. The molecular formula is C22H25N3O2. The number of para-hydroxylation sites is 1. The Morgan fingerprint density at radius 2 is 1.81 bits per heavy atom. The van der Waals surface area contributed by atoms with E-state index in [0.717, 1.165) is 34.0 Å². The summed E-state index contributed by atoms with van der Waals surface area (Å²) in [7, 11) is 0. The fraction of sp³-hybridized carbons (Fsp3) is 0.273. The number of aryl methyl sites for hydroxylation is 3. The quantitative estimate of drug-likeness (QED) is 0.725. The highest BCUT2D eigenvalue weighted by atomic mass is 16.5. The number of nitrogens with one attached hydrogen (secondary N) is 1. The first-order valence-electron chi connectivity index (χ1n) is 9.03. The SMILES string of the molecule is Cc1ccc(OCC(=O)NCc2c(C)nn(-c3ccccc3)c2C)c(C)c1. The standard InChI is InChI=1S/C22H25N3O2/c1-15-10-11-21(16(2)12-15)27-14-22(26)23-13-20-17(3)24-25(18(20)4)19-8-6-5-7-9-19/h5-12H,13-14H2,1-4H3,(H,23,26). The lowest BCUT2D eigenvalue weighted by molar-refractivity contribution is -0.123. The fourth-order valence-electron chi connectivity index (χ4n) is 3.09. The van der Waals surface area contributed by atoms with Gasteiger partial charge in [-0.25, -0.2) is 4.68 Å². The number of carbonyl (C=O) groups excluding carboxylic acids is 1. The topological polar surface area (TPSA) is 56.1 Å². The summed E-state index contributed by atoms with van der Waals surface area (Å²) in [6.07, 6.45) is 0. The highest BCUT2D eigenvalue weighted by molar-refractivity contribution is 5.77. The molecule has 3 aromatic rings. The molecule has 5 nitrogen and oxygen atoms in total. The van der Waals surface area contributed by atoms with E-state index in [-0.39, 0.29) is 12.5 Å². The van der Waals surface area contributed by atoms with Crippen molar-refractivity contribution in [1.82, 2.24) is 15.1 Å². The van der Waals surface area contributed by atoms with Crippen molar-refractivity contribution in [3.05, 3.63) is 76.6 Å². The monoisotopic (exact) mass is 363 g/mol. The maximum Gasteiger partial charge on any atom is 0.258 e. The average Bonchev–Trinajstić information content (AvgIpc) is 2.94. The molecule has 0 atom stereocenters. The van der Waals surface area contributed by atoms with Crippen LogP contribution >= 0.6 is 0 Å². The predicted molar refractivity (Wildman–Crippen MR) is 106 cm³/mol. The van der Waals surface area contributed by atoms with Crippen LogP contribution in [0.4, 0.5) is 0 Å². The maximum absolute atomic E-state index is 12.2. The largest absolute Gasteiger partial charge is 0.484 e. The highest BCUT2D eigenvalue weighted by Crippen LogP contribution is 2.19. The van der Waals surface area contributed by atoms with Crippen molar-refractivity contribution in [2.75, 3.05) is 6.61 Å². The number of ether oxygens (including phenoxy) is 1. The minimum Gasteiger partial charge on any atom is -0.484 e. The number of aromatic nitrogens is 2. The van der Waals surface area contributed by atoms with Gasteiger partial charge in [-0.3, -0.25) is 4.79 Å². The third kappa shape index (κ3) is 4.37. The van der Waals surface area contributed by atoms with E-state index in [2.05, 4.69) is 10.4 Å². The van der Waals surface area contributed by atoms with Crippen molar-refractivity contribution in [1.29, 1.82) is 0 Å². The zero-order valence-electron chi connectivity index (χ0n) is 16.2. The summed E-state index contributed by atoms with van der Waals surface area (Å²) in [5.74, 6) is 0.584. The highest BCUT2D eigenvalue weighted by Gasteiger charge is 2.14. The van der Waals surface area contributed by atoms with Crippen molar-refractivity contribution >= 4 is 5.91 Å². The van der Waals surface area contributed by atoms with Crippen molar-refractivity contribution in [2.24, 2.45) is 0 Å². The van der Waals surface area contributed by atoms with E-state index in [1.807, 2.05) is 80.9 Å². The fourth-order valence-corrected chi connectivity index (χ4v) is 3.09. The number of hydrogen-bond donors (Lipinski definition) is 1. The molecule has 0 bridgehead atoms. The second kappa shape index (κ2) is 8.08. The second-order valence-electron chi connectivity index (χ2n) is 6.73. The molecule has 5 heteroatoms. The molecule has 1 heterocycles. The average molecular weight is 363 g/mol. The summed E-state index contributed by atoms with van der Waals surface area (Å²) in [5.41, 5.74) is 6.16. The summed E-state index contributed by atoms with van der Waals surface area (Å²) < 4.78 is 7.55. The number of benzene rings is 2. The van der Waals surface area contributed by atoms with Gasteiger partial charge in [0, 0.05) is 17.8 Å². The molecule has 0 saturated heterocycles. The van der Waals surface area contributed by atoms with Crippen LogP contribution in [0, 0.1) is 27.7 Å². The van der Waals surface area contributed by atoms with E-state index in [0.29, 0.717) is 6.54 Å². The third-order valence-corrected chi connectivity index (χ3v) is 4.59. The number of nitrogens with zero attached hydrogens (tertiary/aromatic N) is 2. The van der Waals surface area contributed by atoms with Crippen molar-refractivity contribution in [3.8, 4) is 11.4 Å². The van der Waals surface area contributed by atoms with Gasteiger partial charge in [-0.15, -0.1) is 0 Å². The van der Waals surface area contributed by atoms with Gasteiger partial charge in [-0.05, 0) is 51.5 Å². The molecule has 0 aliphatic rings. The summed E-state index contributed by atoms with van der Waals surface area (Å²) in [4.78, 5) is 12.2. The first kappa shape index (κ1) is 18.7. The van der Waals surface area contributed by atoms with Gasteiger partial charge in [-0.1, -0.05) is 35.9 Å². The van der Waals surface area contributed by atoms with Gasteiger partial charge in [0.25, 0.3) is 5.91 Å². The van der Waals surface area contributed by atoms with E-state index < -0.39 is 0 Å². The van der Waals surface area contributed by atoms with Gasteiger partial charge < -0.3 is 10.1 Å². The molecule has 0 spiro atoms. The summed E-state index contributed by atoms with van der Waals surface area (Å²) >= 11 is 0. The van der Waals surface area contributed by atoms with Crippen LogP contribution in [0.5, 0.6) is 5.75 Å². The van der Waals surface area contributed by atoms with Crippen molar-refractivity contribution in [2.45, 2.75) is 34.2 Å². The molecule has 0 fully saturated rings. The van der Waals surface area contributed by atoms with Crippen LogP contribution in [-0.4, -0.2) is 22.3 Å². The van der Waals surface area contributed by atoms with E-state index >= 15 is 0 Å². The lowest BCUT2D eigenvalue weighted by Gasteiger charge is -2.10. The molecule has 1 amide bonds. The van der Waals surface area contributed by atoms with Gasteiger partial charge in [0.15, 0.2) is 6.61 Å². The van der Waals surface area contributed by atoms with Crippen LogP contribution in [-0.2, 0) is 11.3 Å². The minimum atomic E-state index is -0.152. The Kier molecular flexibility index (Phi) is 5.60. The van der Waals surface area contributed by atoms with Gasteiger partial charge >= 0.3 is 0 Å². The van der Waals surface area contributed by atoms with Crippen LogP contribution in [0.2, 0.25) is 0 Å². The Morgan fingerprint density at radius 1 is 1.07 bits per heavy atom. The molecule has 0 unspecified atom stereocenters. The van der Waals surface area contributed by atoms with E-state index in [1.165, 1.54) is 5.56 Å². The Balaban J connectivity index is 1.61. The Bertz CT molecular complexity index is 946. The predicted octanol–water partition coefficient (Wildman–Crippen LogP) is 3.80. The molecule has 27 heavy (non-hydrogen) atoms. The van der Waals surface area contributed by atoms with Crippen LogP contribution in [0.3, 0.4) is 0 Å². The first-order valence-corrected chi connectivity index (χ1v) is 9.03. The summed E-state index contributed by atoms with van der Waals surface area (Å²) in [5, 5.41) is 7.54. The Hall–Kier alpha value is -3.08. The molecule has 0 saturated carbocycles. The minimum absolute atomic E-state index is 0.00514. The molecule has 0 aliphatic carbocycles. The molecule has 1 aromatic heterocycles. The zero-order valence-corrected chi connectivity index (χ0v) is 16.2. The Labute approximate surface area is 160 Å². The third-order valence-electron chi connectivity index (χ3n) is 4.59. The van der Waals surface area contributed by atoms with Crippen LogP contribution in [0.15, 0.2) is 48.5 Å². The zero-order chi connectivity index (χ0) is 19.4. The number of carbonyl (C=O) groups is 1. The first-order chi connectivity index (χ1) is 13.0. The van der Waals surface area contributed by atoms with Gasteiger partial charge in [0.1, 0.15) is 5.75 Å². The molecule has 140 valence electrons. The van der Waals surface area contributed by atoms with Crippen LogP contribution in [0.1, 0.15) is 28.1 Å². The maximum atomic E-state index is 12.2. The van der Waals surface area contributed by atoms with Gasteiger partial charge in [-0.2, -0.15) is 5.10 Å². The number of hydrogen-bond acceptors (Lipinski definition) is 3. The molecule has 0 radical (unpaired) electrons. The van der Waals surface area contributed by atoms with E-state index in [9.17, 15) is 4.79 Å². The lowest BCUT2D eigenvalue weighted by atomic mass is 10.1. The van der Waals surface area contributed by atoms with E-state index in [4.69, 9.17) is 4.74 Å². The van der Waals surface area contributed by atoms with Gasteiger partial charge in [0.05, 0.1) is 11.4 Å². The van der Waals surface area contributed by atoms with Crippen LogP contribution < -0.4 is 10.1 Å². The van der Waals surface area contributed by atoms with Crippen molar-refractivity contribution < 1.29 is 9.53 Å². The van der Waals surface area contributed by atoms with Crippen LogP contribution in [0.25, 0.3) is 5.69 Å². The smallest absolute Gasteiger partial charge is 0.258 e. The van der Waals surface area contributed by atoms with Crippen molar-refractivity contribution in [3.63, 3.8) is 0 Å². The van der Waals surface area contributed by atoms with E-state index in [1.54, 1.807) is 0 Å². The molecular weight excluding hydrogens is 338 g/mol. The van der Waals surface area contributed by atoms with Gasteiger partial charge in [0.2, 0.25) is 0 Å². The normalized spacial score (nSPS) is 10.7. The summed E-state index contributed by atoms with van der Waals surface area (Å²) in [6, 6.07) is 15.9. The number of rotatable bonds is 6. The molecule has 2 aromatic carbocycles. The Morgan fingerprint density at radius 3 is 2.52 bits per heavy atom. The molecule has 1 N–H and O–H groups in total.